The van der Waals surface area contributed by atoms with Crippen molar-refractivity contribution in [3.8, 4) is 0 Å². The Morgan fingerprint density at radius 1 is 1.45 bits per heavy atom. The molecule has 0 heterocycles. The lowest BCUT2D eigenvalue weighted by molar-refractivity contribution is -0.119. The Morgan fingerprint density at radius 3 is 2.90 bits per heavy atom. The minimum atomic E-state index is -0.434. The smallest absolute Gasteiger partial charge is 0.230 e. The van der Waals surface area contributed by atoms with Crippen LogP contribution in [0.2, 0.25) is 5.02 Å². The van der Waals surface area contributed by atoms with Gasteiger partial charge in [0.2, 0.25) is 5.91 Å². The van der Waals surface area contributed by atoms with Crippen LogP contribution in [0.3, 0.4) is 0 Å². The zero-order valence-electron chi connectivity index (χ0n) is 11.5. The van der Waals surface area contributed by atoms with Crippen molar-refractivity contribution in [3.63, 3.8) is 0 Å². The average Bonchev–Trinajstić information content (AvgIpc) is 2.43. The zero-order chi connectivity index (χ0) is 14.5. The molecule has 0 aliphatic heterocycles. The molecule has 5 heteroatoms. The molecule has 1 N–H and O–H groups in total. The Bertz CT molecular complexity index is 483. The van der Waals surface area contributed by atoms with Crippen LogP contribution in [0.15, 0.2) is 23.1 Å². The quantitative estimate of drug-likeness (QED) is 0.841. The third-order valence-corrected chi connectivity index (χ3v) is 5.00. The predicted molar refractivity (Wildman–Crippen MR) is 81.7 cm³/mol. The molecule has 2 nitrogen and oxygen atoms in total. The minimum Gasteiger partial charge on any atom is -0.352 e. The van der Waals surface area contributed by atoms with Crippen LogP contribution >= 0.6 is 23.4 Å². The lowest BCUT2D eigenvalue weighted by Crippen LogP contribution is -2.41. The van der Waals surface area contributed by atoms with E-state index in [0.29, 0.717) is 17.7 Å². The standard InChI is InChI=1S/C15H19ClFNOS/c1-10-4-2-3-5-14(10)18-15(19)9-20-11-6-7-13(17)12(16)8-11/h6-8,10,14H,2-5,9H2,1H3,(H,18,19)/t10-,14+/m0/s1. The zero-order valence-corrected chi connectivity index (χ0v) is 13.1. The molecule has 0 spiro atoms. The molecule has 1 amide bonds. The van der Waals surface area contributed by atoms with E-state index in [1.807, 2.05) is 0 Å². The first-order valence-corrected chi connectivity index (χ1v) is 8.30. The highest BCUT2D eigenvalue weighted by atomic mass is 35.5. The van der Waals surface area contributed by atoms with E-state index < -0.39 is 5.82 Å². The molecule has 0 aromatic heterocycles. The van der Waals surface area contributed by atoms with Crippen molar-refractivity contribution in [1.29, 1.82) is 0 Å². The van der Waals surface area contributed by atoms with Gasteiger partial charge in [-0.1, -0.05) is 31.4 Å². The van der Waals surface area contributed by atoms with Crippen molar-refractivity contribution >= 4 is 29.3 Å². The molecule has 1 aromatic rings. The van der Waals surface area contributed by atoms with Crippen LogP contribution in [0.25, 0.3) is 0 Å². The Balaban J connectivity index is 1.81. The highest BCUT2D eigenvalue weighted by Crippen LogP contribution is 2.25. The number of benzene rings is 1. The van der Waals surface area contributed by atoms with Gasteiger partial charge in [-0.3, -0.25) is 4.79 Å². The molecular formula is C15H19ClFNOS. The summed E-state index contributed by atoms with van der Waals surface area (Å²) in [5.41, 5.74) is 0. The maximum Gasteiger partial charge on any atom is 0.230 e. The molecule has 0 bridgehead atoms. The first-order chi connectivity index (χ1) is 9.56. The Labute approximate surface area is 128 Å². The second-order valence-corrected chi connectivity index (χ2v) is 6.76. The number of nitrogens with one attached hydrogen (secondary N) is 1. The number of carbonyl (C=O) groups excluding carboxylic acids is 1. The molecule has 0 radical (unpaired) electrons. The van der Waals surface area contributed by atoms with Crippen molar-refractivity contribution in [2.24, 2.45) is 5.92 Å². The van der Waals surface area contributed by atoms with Crippen molar-refractivity contribution in [3.05, 3.63) is 29.0 Å². The van der Waals surface area contributed by atoms with Crippen LogP contribution in [0.1, 0.15) is 32.6 Å². The number of hydrogen-bond donors (Lipinski definition) is 1. The second kappa shape index (κ2) is 7.32. The normalized spacial score (nSPS) is 22.6. The average molecular weight is 316 g/mol. The molecule has 1 aromatic carbocycles. The van der Waals surface area contributed by atoms with E-state index in [1.165, 1.54) is 37.1 Å². The summed E-state index contributed by atoms with van der Waals surface area (Å²) >= 11 is 7.09. The van der Waals surface area contributed by atoms with Gasteiger partial charge in [0, 0.05) is 10.9 Å². The van der Waals surface area contributed by atoms with E-state index in [4.69, 9.17) is 11.6 Å². The van der Waals surface area contributed by atoms with Crippen LogP contribution in [-0.2, 0) is 4.79 Å². The van der Waals surface area contributed by atoms with Gasteiger partial charge in [0.05, 0.1) is 10.8 Å². The van der Waals surface area contributed by atoms with E-state index in [2.05, 4.69) is 12.2 Å². The van der Waals surface area contributed by atoms with Crippen molar-refractivity contribution in [2.75, 3.05) is 5.75 Å². The lowest BCUT2D eigenvalue weighted by atomic mass is 9.86. The fraction of sp³-hybridized carbons (Fsp3) is 0.533. The molecule has 1 aliphatic carbocycles. The summed E-state index contributed by atoms with van der Waals surface area (Å²) in [5.74, 6) is 0.495. The summed E-state index contributed by atoms with van der Waals surface area (Å²) in [7, 11) is 0. The van der Waals surface area contributed by atoms with Crippen molar-refractivity contribution in [1.82, 2.24) is 5.32 Å². The van der Waals surface area contributed by atoms with E-state index in [1.54, 1.807) is 12.1 Å². The summed E-state index contributed by atoms with van der Waals surface area (Å²) in [4.78, 5) is 12.8. The van der Waals surface area contributed by atoms with Crippen LogP contribution in [0, 0.1) is 11.7 Å². The maximum atomic E-state index is 13.0. The number of hydrogen-bond acceptors (Lipinski definition) is 2. The van der Waals surface area contributed by atoms with Gasteiger partial charge in [0.1, 0.15) is 5.82 Å². The summed E-state index contributed by atoms with van der Waals surface area (Å²) in [6, 6.07) is 4.82. The van der Waals surface area contributed by atoms with Crippen LogP contribution in [0.5, 0.6) is 0 Å². The van der Waals surface area contributed by atoms with Crippen molar-refractivity contribution in [2.45, 2.75) is 43.5 Å². The molecule has 20 heavy (non-hydrogen) atoms. The van der Waals surface area contributed by atoms with Gasteiger partial charge < -0.3 is 5.32 Å². The summed E-state index contributed by atoms with van der Waals surface area (Å²) in [6.07, 6.45) is 4.71. The van der Waals surface area contributed by atoms with Crippen molar-refractivity contribution < 1.29 is 9.18 Å². The SMILES string of the molecule is C[C@H]1CCCC[C@H]1NC(=O)CSc1ccc(F)c(Cl)c1. The highest BCUT2D eigenvalue weighted by molar-refractivity contribution is 8.00. The molecule has 2 rings (SSSR count). The Hall–Kier alpha value is -0.740. The van der Waals surface area contributed by atoms with Crippen LogP contribution in [-0.4, -0.2) is 17.7 Å². The molecule has 2 atom stereocenters. The third-order valence-electron chi connectivity index (χ3n) is 3.72. The van der Waals surface area contributed by atoms with Gasteiger partial charge in [0.15, 0.2) is 0 Å². The van der Waals surface area contributed by atoms with Gasteiger partial charge >= 0.3 is 0 Å². The topological polar surface area (TPSA) is 29.1 Å². The van der Waals surface area contributed by atoms with Gasteiger partial charge in [-0.15, -0.1) is 11.8 Å². The predicted octanol–water partition coefficient (Wildman–Crippen LogP) is 4.27. The summed E-state index contributed by atoms with van der Waals surface area (Å²) in [6.45, 7) is 2.19. The van der Waals surface area contributed by atoms with E-state index in [0.717, 1.165) is 11.3 Å². The number of carbonyl (C=O) groups is 1. The molecule has 110 valence electrons. The molecule has 1 saturated carbocycles. The Morgan fingerprint density at radius 2 is 2.20 bits per heavy atom. The van der Waals surface area contributed by atoms with Gasteiger partial charge in [-0.2, -0.15) is 0 Å². The Kier molecular flexibility index (Phi) is 5.73. The number of rotatable bonds is 4. The monoisotopic (exact) mass is 315 g/mol. The van der Waals surface area contributed by atoms with E-state index in [-0.39, 0.29) is 10.9 Å². The van der Waals surface area contributed by atoms with Gasteiger partial charge in [-0.25, -0.2) is 4.39 Å². The molecular weight excluding hydrogens is 297 g/mol. The third kappa shape index (κ3) is 4.38. The number of halogens is 2. The molecule has 1 fully saturated rings. The van der Waals surface area contributed by atoms with Crippen LogP contribution < -0.4 is 5.32 Å². The van der Waals surface area contributed by atoms with E-state index >= 15 is 0 Å². The van der Waals surface area contributed by atoms with Crippen LogP contribution in [0.4, 0.5) is 4.39 Å². The molecule has 0 saturated heterocycles. The molecule has 1 aliphatic rings. The van der Waals surface area contributed by atoms with Gasteiger partial charge in [0.25, 0.3) is 0 Å². The fourth-order valence-corrected chi connectivity index (χ4v) is 3.49. The lowest BCUT2D eigenvalue weighted by Gasteiger charge is -2.29. The summed E-state index contributed by atoms with van der Waals surface area (Å²) in [5, 5.41) is 3.19. The summed E-state index contributed by atoms with van der Waals surface area (Å²) < 4.78 is 13.0. The minimum absolute atomic E-state index is 0.0363. The fourth-order valence-electron chi connectivity index (χ4n) is 2.49. The number of thioether (sulfide) groups is 1. The number of amides is 1. The first-order valence-electron chi connectivity index (χ1n) is 6.93. The van der Waals surface area contributed by atoms with Gasteiger partial charge in [-0.05, 0) is 37.0 Å². The maximum absolute atomic E-state index is 13.0. The second-order valence-electron chi connectivity index (χ2n) is 5.30. The first kappa shape index (κ1) is 15.6. The highest BCUT2D eigenvalue weighted by Gasteiger charge is 2.22. The largest absolute Gasteiger partial charge is 0.352 e. The van der Waals surface area contributed by atoms with E-state index in [9.17, 15) is 9.18 Å². The molecule has 0 unspecified atom stereocenters.